The Morgan fingerprint density at radius 3 is 2.26 bits per heavy atom. The van der Waals surface area contributed by atoms with E-state index >= 15 is 0 Å². The molecule has 2 aliphatic heterocycles. The molecule has 0 saturated carbocycles. The van der Waals surface area contributed by atoms with E-state index < -0.39 is 88.2 Å². The van der Waals surface area contributed by atoms with Crippen LogP contribution in [0.5, 0.6) is 0 Å². The maximum atomic E-state index is 11.0. The number of ether oxygens (including phenoxy) is 3. The molecule has 2 heterocycles. The predicted molar refractivity (Wildman–Crippen MR) is 87.7 cm³/mol. The molecule has 31 heavy (non-hydrogen) atoms. The summed E-state index contributed by atoms with van der Waals surface area (Å²) < 4.78 is 82.4. The topological polar surface area (TPSA) is 279 Å². The van der Waals surface area contributed by atoms with E-state index in [1.165, 1.54) is 4.72 Å². The Hall–Kier alpha value is -1.49. The first-order valence-corrected chi connectivity index (χ1v) is 10.9. The summed E-state index contributed by atoms with van der Waals surface area (Å²) in [6.07, 6.45) is -13.8. The molecule has 1 fully saturated rings. The molecule has 0 bridgehead atoms. The highest BCUT2D eigenvalue weighted by molar-refractivity contribution is 7.83. The molecule has 0 unspecified atom stereocenters. The standard InChI is InChI=1S/C12H19NO16S2/c14-2-5-9(7(16)6(11(19)26-5)13-30(20,21)22)28-12-8(29-31(23,24)25)3(15)1-4(27-12)10(17)18/h1,3,5-9,11-16,19H,2H2,(H,17,18)(H,20,21,22)(H,23,24,25)/p-1/t3-,5+,6+,7+,8+,9+,11-,12-/m0/s1. The number of carbonyl (C=O) groups excluding carboxylic acids is 1. The summed E-state index contributed by atoms with van der Waals surface area (Å²) in [5.41, 5.74) is 0. The van der Waals surface area contributed by atoms with Gasteiger partial charge in [-0.1, -0.05) is 0 Å². The zero-order chi connectivity index (χ0) is 23.7. The SMILES string of the molecule is O=C([O-])C1=C[C@H](O)[C@@H](OS(=O)(=O)O)[C@H](O[C@H]2[C@H](O)[C@@H](NS(=O)(=O)O)[C@@H](O)O[C@@H]2CO)O1. The van der Waals surface area contributed by atoms with Crippen LogP contribution in [-0.4, -0.2) is 108 Å². The Balaban J connectivity index is 2.36. The van der Waals surface area contributed by atoms with Gasteiger partial charge >= 0.3 is 20.7 Å². The van der Waals surface area contributed by atoms with Gasteiger partial charge < -0.3 is 44.5 Å². The zero-order valence-electron chi connectivity index (χ0n) is 15.0. The van der Waals surface area contributed by atoms with Crippen molar-refractivity contribution in [2.24, 2.45) is 0 Å². The normalized spacial score (nSPS) is 37.0. The molecular formula is C12H18NO16S2-. The first-order valence-electron chi connectivity index (χ1n) is 8.09. The quantitative estimate of drug-likeness (QED) is 0.154. The zero-order valence-corrected chi connectivity index (χ0v) is 16.6. The molecule has 180 valence electrons. The van der Waals surface area contributed by atoms with Crippen LogP contribution in [0.25, 0.3) is 0 Å². The predicted octanol–water partition coefficient (Wildman–Crippen LogP) is -6.26. The molecule has 17 nitrogen and oxygen atoms in total. The molecule has 2 aliphatic rings. The van der Waals surface area contributed by atoms with Gasteiger partial charge in [-0.05, 0) is 6.08 Å². The largest absolute Gasteiger partial charge is 0.542 e. The highest BCUT2D eigenvalue weighted by Crippen LogP contribution is 2.29. The summed E-state index contributed by atoms with van der Waals surface area (Å²) in [6.45, 7) is -0.986. The van der Waals surface area contributed by atoms with Gasteiger partial charge in [0.05, 0.1) is 6.61 Å². The van der Waals surface area contributed by atoms with Crippen molar-refractivity contribution in [3.05, 3.63) is 11.8 Å². The van der Waals surface area contributed by atoms with E-state index in [1.54, 1.807) is 0 Å². The number of carboxylic acids is 1. The Bertz CT molecular complexity index is 902. The molecule has 1 saturated heterocycles. The minimum absolute atomic E-state index is 0.453. The smallest absolute Gasteiger partial charge is 0.397 e. The van der Waals surface area contributed by atoms with Gasteiger partial charge in [0.15, 0.2) is 12.4 Å². The fraction of sp³-hybridized carbons (Fsp3) is 0.750. The molecule has 7 N–H and O–H groups in total. The van der Waals surface area contributed by atoms with E-state index in [0.29, 0.717) is 6.08 Å². The van der Waals surface area contributed by atoms with Crippen LogP contribution in [0.4, 0.5) is 0 Å². The van der Waals surface area contributed by atoms with Crippen LogP contribution in [0, 0.1) is 0 Å². The number of nitrogens with one attached hydrogen (secondary N) is 1. The maximum Gasteiger partial charge on any atom is 0.397 e. The third kappa shape index (κ3) is 6.74. The van der Waals surface area contributed by atoms with Crippen LogP contribution >= 0.6 is 0 Å². The van der Waals surface area contributed by atoms with Gasteiger partial charge in [-0.3, -0.25) is 9.11 Å². The van der Waals surface area contributed by atoms with Crippen molar-refractivity contribution in [3.8, 4) is 0 Å². The monoisotopic (exact) mass is 496 g/mol. The van der Waals surface area contributed by atoms with Gasteiger partial charge in [0.1, 0.15) is 42.2 Å². The van der Waals surface area contributed by atoms with E-state index in [0.717, 1.165) is 0 Å². The molecule has 2 rings (SSSR count). The highest BCUT2D eigenvalue weighted by Gasteiger charge is 2.50. The van der Waals surface area contributed by atoms with Gasteiger partial charge in [-0.15, -0.1) is 0 Å². The molecule has 0 aromatic heterocycles. The van der Waals surface area contributed by atoms with Gasteiger partial charge in [0, 0.05) is 0 Å². The number of hydrogen-bond donors (Lipinski definition) is 7. The van der Waals surface area contributed by atoms with Crippen LogP contribution in [-0.2, 0) is 43.9 Å². The number of aliphatic hydroxyl groups is 4. The second-order valence-corrected chi connectivity index (χ2v) is 8.48. The fourth-order valence-corrected chi connectivity index (χ4v) is 3.90. The van der Waals surface area contributed by atoms with E-state index in [4.69, 9.17) is 23.3 Å². The average Bonchev–Trinajstić information content (AvgIpc) is 2.61. The van der Waals surface area contributed by atoms with E-state index in [2.05, 4.69) is 4.18 Å². The first-order chi connectivity index (χ1) is 14.1. The van der Waals surface area contributed by atoms with Crippen LogP contribution in [0.3, 0.4) is 0 Å². The molecule has 0 aromatic rings. The summed E-state index contributed by atoms with van der Waals surface area (Å²) >= 11 is 0. The van der Waals surface area contributed by atoms with Crippen molar-refractivity contribution in [2.45, 2.75) is 49.1 Å². The van der Waals surface area contributed by atoms with Gasteiger partial charge in [0.25, 0.3) is 0 Å². The lowest BCUT2D eigenvalue weighted by Crippen LogP contribution is -2.66. The summed E-state index contributed by atoms with van der Waals surface area (Å²) in [5, 5.41) is 50.6. The van der Waals surface area contributed by atoms with Gasteiger partial charge in [0.2, 0.25) is 6.29 Å². The third-order valence-corrected chi connectivity index (χ3v) is 5.09. The summed E-state index contributed by atoms with van der Waals surface area (Å²) in [5.74, 6) is -3.05. The van der Waals surface area contributed by atoms with E-state index in [9.17, 15) is 47.2 Å². The molecule has 8 atom stereocenters. The third-order valence-electron chi connectivity index (χ3n) is 4.05. The van der Waals surface area contributed by atoms with Crippen molar-refractivity contribution >= 4 is 26.7 Å². The van der Waals surface area contributed by atoms with E-state index in [1.807, 2.05) is 0 Å². The van der Waals surface area contributed by atoms with Gasteiger partial charge in [-0.2, -0.15) is 21.6 Å². The molecule has 0 aliphatic carbocycles. The Kier molecular flexibility index (Phi) is 7.95. The highest BCUT2D eigenvalue weighted by atomic mass is 32.3. The lowest BCUT2D eigenvalue weighted by atomic mass is 9.97. The van der Waals surface area contributed by atoms with Gasteiger partial charge in [-0.25, -0.2) is 4.18 Å². The summed E-state index contributed by atoms with van der Waals surface area (Å²) in [4.78, 5) is 11.0. The molecule has 0 aromatic carbocycles. The van der Waals surface area contributed by atoms with Crippen LogP contribution in [0.2, 0.25) is 0 Å². The first kappa shape index (κ1) is 25.8. The maximum absolute atomic E-state index is 11.0. The average molecular weight is 496 g/mol. The number of hydrogen-bond acceptors (Lipinski definition) is 14. The van der Waals surface area contributed by atoms with Crippen LogP contribution < -0.4 is 9.83 Å². The Morgan fingerprint density at radius 1 is 1.16 bits per heavy atom. The molecule has 0 amide bonds. The molecule has 0 spiro atoms. The Morgan fingerprint density at radius 2 is 1.77 bits per heavy atom. The number of aliphatic carboxylic acids is 1. The minimum Gasteiger partial charge on any atom is -0.542 e. The number of rotatable bonds is 8. The number of carbonyl (C=O) groups is 1. The summed E-state index contributed by atoms with van der Waals surface area (Å²) in [7, 11) is -10.3. The second-order valence-electron chi connectivity index (χ2n) is 6.24. The molecule has 19 heteroatoms. The lowest BCUT2D eigenvalue weighted by Gasteiger charge is -2.44. The Labute approximate surface area is 174 Å². The number of aliphatic hydroxyl groups excluding tert-OH is 4. The van der Waals surface area contributed by atoms with E-state index in [-0.39, 0.29) is 0 Å². The summed E-state index contributed by atoms with van der Waals surface area (Å²) in [6, 6.07) is -1.99. The van der Waals surface area contributed by atoms with Crippen molar-refractivity contribution in [2.75, 3.05) is 6.61 Å². The van der Waals surface area contributed by atoms with Crippen LogP contribution in [0.1, 0.15) is 0 Å². The van der Waals surface area contributed by atoms with Crippen molar-refractivity contribution in [1.82, 2.24) is 4.72 Å². The van der Waals surface area contributed by atoms with Crippen molar-refractivity contribution in [3.63, 3.8) is 0 Å². The number of carboxylic acid groups (broad SMARTS) is 1. The lowest BCUT2D eigenvalue weighted by molar-refractivity contribution is -0.320. The fourth-order valence-electron chi connectivity index (χ4n) is 2.81. The molecule has 0 radical (unpaired) electrons. The molecular weight excluding hydrogens is 478 g/mol. The second kappa shape index (κ2) is 9.56. The van der Waals surface area contributed by atoms with Crippen molar-refractivity contribution in [1.29, 1.82) is 0 Å². The van der Waals surface area contributed by atoms with Crippen molar-refractivity contribution < 1.29 is 74.7 Å². The minimum atomic E-state index is -5.26. The van der Waals surface area contributed by atoms with Crippen LogP contribution in [0.15, 0.2) is 11.8 Å².